The van der Waals surface area contributed by atoms with Crippen LogP contribution in [-0.4, -0.2) is 40.0 Å². The number of esters is 1. The van der Waals surface area contributed by atoms with Gasteiger partial charge in [-0.1, -0.05) is 11.6 Å². The number of aromatic hydroxyl groups is 1. The van der Waals surface area contributed by atoms with E-state index in [1.807, 2.05) is 0 Å². The lowest BCUT2D eigenvalue weighted by Crippen LogP contribution is -2.45. The van der Waals surface area contributed by atoms with Crippen molar-refractivity contribution in [2.75, 3.05) is 11.9 Å². The molecule has 1 aromatic carbocycles. The highest BCUT2D eigenvalue weighted by Gasteiger charge is 2.26. The van der Waals surface area contributed by atoms with Crippen molar-refractivity contribution < 1.29 is 24.2 Å². The molecule has 1 heterocycles. The first-order valence-electron chi connectivity index (χ1n) is 9.31. The largest absolute Gasteiger partial charge is 0.508 e. The predicted octanol–water partition coefficient (Wildman–Crippen LogP) is 3.08. The van der Waals surface area contributed by atoms with E-state index in [0.29, 0.717) is 16.3 Å². The molecule has 0 spiro atoms. The summed E-state index contributed by atoms with van der Waals surface area (Å²) in [6.45, 7) is 5.37. The number of pyridine rings is 1. The number of ether oxygens (including phenoxy) is 1. The van der Waals surface area contributed by atoms with Crippen molar-refractivity contribution in [3.8, 4) is 5.75 Å². The molecule has 9 heteroatoms. The van der Waals surface area contributed by atoms with Crippen LogP contribution in [0.2, 0.25) is 5.02 Å². The molecular formula is C21H24ClN3O5. The normalized spacial score (nSPS) is 10.9. The van der Waals surface area contributed by atoms with E-state index in [9.17, 15) is 19.5 Å². The van der Waals surface area contributed by atoms with Crippen LogP contribution in [0, 0.1) is 0 Å². The molecule has 0 bridgehead atoms. The summed E-state index contributed by atoms with van der Waals surface area (Å²) < 4.78 is 4.91. The first-order chi connectivity index (χ1) is 14.1. The Kier molecular flexibility index (Phi) is 7.77. The second-order valence-electron chi connectivity index (χ2n) is 7.25. The summed E-state index contributed by atoms with van der Waals surface area (Å²) in [5, 5.41) is 15.6. The summed E-state index contributed by atoms with van der Waals surface area (Å²) in [7, 11) is 0. The zero-order valence-corrected chi connectivity index (χ0v) is 17.7. The molecule has 0 aliphatic carbocycles. The third-order valence-electron chi connectivity index (χ3n) is 4.01. The highest BCUT2D eigenvalue weighted by Crippen LogP contribution is 2.22. The summed E-state index contributed by atoms with van der Waals surface area (Å²) in [4.78, 5) is 40.5. The number of nitrogens with one attached hydrogen (secondary N) is 2. The Hall–Kier alpha value is -3.13. The average Bonchev–Trinajstić information content (AvgIpc) is 2.64. The molecule has 3 N–H and O–H groups in total. The maximum Gasteiger partial charge on any atom is 0.308 e. The molecular weight excluding hydrogens is 410 g/mol. The fourth-order valence-corrected chi connectivity index (χ4v) is 2.89. The molecule has 0 aliphatic heterocycles. The van der Waals surface area contributed by atoms with E-state index >= 15 is 0 Å². The summed E-state index contributed by atoms with van der Waals surface area (Å²) in [5.41, 5.74) is -0.0121. The van der Waals surface area contributed by atoms with Gasteiger partial charge in [-0.3, -0.25) is 19.4 Å². The summed E-state index contributed by atoms with van der Waals surface area (Å²) >= 11 is 5.89. The molecule has 1 aromatic heterocycles. The van der Waals surface area contributed by atoms with Crippen molar-refractivity contribution in [1.82, 2.24) is 10.3 Å². The van der Waals surface area contributed by atoms with Gasteiger partial charge in [-0.05, 0) is 51.1 Å². The van der Waals surface area contributed by atoms with Gasteiger partial charge in [0.05, 0.1) is 19.4 Å². The van der Waals surface area contributed by atoms with Gasteiger partial charge in [-0.15, -0.1) is 0 Å². The topological polar surface area (TPSA) is 118 Å². The quantitative estimate of drug-likeness (QED) is 0.550. The average molecular weight is 434 g/mol. The van der Waals surface area contributed by atoms with Crippen molar-refractivity contribution in [2.45, 2.75) is 39.2 Å². The standard InChI is InChI=1S/C21H24ClN3O5/c1-4-30-19(28)12-21(2,3)25-20(29)16-11-15(7-8-23-16)24-18(27)10-13-9-14(22)5-6-17(13)26/h5-9,11,26H,4,10,12H2,1-3H3,(H,25,29)(H,23,24,27). The number of phenolic OH excluding ortho intramolecular Hbond substituents is 1. The number of nitrogens with zero attached hydrogens (tertiary/aromatic N) is 1. The Morgan fingerprint density at radius 2 is 1.93 bits per heavy atom. The summed E-state index contributed by atoms with van der Waals surface area (Å²) in [6.07, 6.45) is 1.30. The minimum atomic E-state index is -0.839. The number of anilines is 1. The minimum Gasteiger partial charge on any atom is -0.508 e. The Balaban J connectivity index is 2.03. The number of halogens is 1. The number of hydrogen-bond acceptors (Lipinski definition) is 6. The Labute approximate surface area is 179 Å². The van der Waals surface area contributed by atoms with Crippen molar-refractivity contribution in [1.29, 1.82) is 0 Å². The van der Waals surface area contributed by atoms with E-state index in [4.69, 9.17) is 16.3 Å². The zero-order valence-electron chi connectivity index (χ0n) is 17.0. The van der Waals surface area contributed by atoms with E-state index in [2.05, 4.69) is 15.6 Å². The monoisotopic (exact) mass is 433 g/mol. The fourth-order valence-electron chi connectivity index (χ4n) is 2.69. The van der Waals surface area contributed by atoms with Gasteiger partial charge in [0.25, 0.3) is 5.91 Å². The maximum absolute atomic E-state index is 12.5. The van der Waals surface area contributed by atoms with Crippen LogP contribution in [-0.2, 0) is 20.7 Å². The lowest BCUT2D eigenvalue weighted by Gasteiger charge is -2.25. The first kappa shape index (κ1) is 23.2. The summed E-state index contributed by atoms with van der Waals surface area (Å²) in [5.74, 6) is -1.34. The summed E-state index contributed by atoms with van der Waals surface area (Å²) in [6, 6.07) is 7.41. The molecule has 30 heavy (non-hydrogen) atoms. The smallest absolute Gasteiger partial charge is 0.308 e. The highest BCUT2D eigenvalue weighted by molar-refractivity contribution is 6.30. The number of hydrogen-bond donors (Lipinski definition) is 3. The van der Waals surface area contributed by atoms with Crippen LogP contribution in [0.15, 0.2) is 36.5 Å². The van der Waals surface area contributed by atoms with Gasteiger partial charge >= 0.3 is 5.97 Å². The van der Waals surface area contributed by atoms with E-state index in [0.717, 1.165) is 0 Å². The third kappa shape index (κ3) is 7.04. The molecule has 0 saturated heterocycles. The lowest BCUT2D eigenvalue weighted by atomic mass is 10.0. The van der Waals surface area contributed by atoms with Crippen molar-refractivity contribution in [2.24, 2.45) is 0 Å². The number of benzene rings is 1. The number of phenols is 1. The Morgan fingerprint density at radius 1 is 1.20 bits per heavy atom. The van der Waals surface area contributed by atoms with Crippen LogP contribution in [0.25, 0.3) is 0 Å². The van der Waals surface area contributed by atoms with Gasteiger partial charge in [0.15, 0.2) is 0 Å². The highest BCUT2D eigenvalue weighted by atomic mass is 35.5. The molecule has 0 fully saturated rings. The molecule has 2 amide bonds. The molecule has 160 valence electrons. The van der Waals surface area contributed by atoms with Gasteiger partial charge in [-0.25, -0.2) is 0 Å². The van der Waals surface area contributed by atoms with Crippen LogP contribution in [0.3, 0.4) is 0 Å². The molecule has 0 aliphatic rings. The molecule has 0 saturated carbocycles. The van der Waals surface area contributed by atoms with Gasteiger partial charge in [0.2, 0.25) is 5.91 Å². The number of carbonyl (C=O) groups is 3. The van der Waals surface area contributed by atoms with Crippen LogP contribution < -0.4 is 10.6 Å². The molecule has 0 radical (unpaired) electrons. The molecule has 2 aromatic rings. The van der Waals surface area contributed by atoms with Crippen molar-refractivity contribution >= 4 is 35.1 Å². The molecule has 0 atom stereocenters. The van der Waals surface area contributed by atoms with Gasteiger partial charge in [0.1, 0.15) is 11.4 Å². The van der Waals surface area contributed by atoms with Gasteiger partial charge < -0.3 is 20.5 Å². The molecule has 8 nitrogen and oxygen atoms in total. The second-order valence-corrected chi connectivity index (χ2v) is 7.68. The predicted molar refractivity (Wildman–Crippen MR) is 112 cm³/mol. The second kappa shape index (κ2) is 10.1. The zero-order chi connectivity index (χ0) is 22.3. The minimum absolute atomic E-state index is 0.00609. The number of amides is 2. The Bertz CT molecular complexity index is 946. The van der Waals surface area contributed by atoms with Crippen LogP contribution in [0.4, 0.5) is 5.69 Å². The van der Waals surface area contributed by atoms with Crippen molar-refractivity contribution in [3.63, 3.8) is 0 Å². The maximum atomic E-state index is 12.5. The third-order valence-corrected chi connectivity index (χ3v) is 4.25. The number of carbonyl (C=O) groups excluding carboxylic acids is 3. The first-order valence-corrected chi connectivity index (χ1v) is 9.69. The van der Waals surface area contributed by atoms with E-state index in [1.165, 1.54) is 36.5 Å². The van der Waals surface area contributed by atoms with E-state index < -0.39 is 23.3 Å². The van der Waals surface area contributed by atoms with Crippen LogP contribution in [0.5, 0.6) is 5.75 Å². The van der Waals surface area contributed by atoms with Crippen LogP contribution in [0.1, 0.15) is 43.2 Å². The lowest BCUT2D eigenvalue weighted by molar-refractivity contribution is -0.144. The van der Waals surface area contributed by atoms with E-state index in [1.54, 1.807) is 20.8 Å². The molecule has 0 unspecified atom stereocenters. The van der Waals surface area contributed by atoms with Crippen molar-refractivity contribution in [3.05, 3.63) is 52.8 Å². The SMILES string of the molecule is CCOC(=O)CC(C)(C)NC(=O)c1cc(NC(=O)Cc2cc(Cl)ccc2O)ccn1. The number of aromatic nitrogens is 1. The molecule has 2 rings (SSSR count). The van der Waals surface area contributed by atoms with E-state index in [-0.39, 0.29) is 30.9 Å². The van der Waals surface area contributed by atoms with Gasteiger partial charge in [0, 0.05) is 28.0 Å². The van der Waals surface area contributed by atoms with Gasteiger partial charge in [-0.2, -0.15) is 0 Å². The number of rotatable bonds is 8. The van der Waals surface area contributed by atoms with Crippen LogP contribution >= 0.6 is 11.6 Å². The fraction of sp³-hybridized carbons (Fsp3) is 0.333. The Morgan fingerprint density at radius 3 is 2.63 bits per heavy atom.